The number of benzene rings is 1. The van der Waals surface area contributed by atoms with Crippen LogP contribution in [0.3, 0.4) is 0 Å². The van der Waals surface area contributed by atoms with Gasteiger partial charge in [-0.2, -0.15) is 0 Å². The average molecular weight is 428 g/mol. The van der Waals surface area contributed by atoms with E-state index in [-0.39, 0.29) is 19.1 Å². The first-order chi connectivity index (χ1) is 8.48. The van der Waals surface area contributed by atoms with Gasteiger partial charge in [0.1, 0.15) is 0 Å². The molecule has 0 saturated heterocycles. The maximum Gasteiger partial charge on any atom is 0.252 e. The number of nitrogens with one attached hydrogen (secondary N) is 1. The van der Waals surface area contributed by atoms with Gasteiger partial charge in [0.25, 0.3) is 5.91 Å². The number of amides is 1. The lowest BCUT2D eigenvalue weighted by Crippen LogP contribution is -2.53. The minimum Gasteiger partial charge on any atom is -0.394 e. The van der Waals surface area contributed by atoms with Gasteiger partial charge in [-0.3, -0.25) is 4.79 Å². The molecule has 18 heavy (non-hydrogen) atoms. The molecule has 0 unspecified atom stereocenters. The van der Waals surface area contributed by atoms with Gasteiger partial charge in [0.15, 0.2) is 0 Å². The van der Waals surface area contributed by atoms with E-state index in [1.807, 2.05) is 12.1 Å². The van der Waals surface area contributed by atoms with Gasteiger partial charge in [-0.15, -0.1) is 0 Å². The molecule has 6 heteroatoms. The van der Waals surface area contributed by atoms with Crippen LogP contribution in [0, 0.1) is 3.57 Å². The zero-order valence-electron chi connectivity index (χ0n) is 9.91. The van der Waals surface area contributed by atoms with E-state index < -0.39 is 5.54 Å². The molecule has 0 spiro atoms. The Morgan fingerprint density at radius 3 is 2.56 bits per heavy atom. The molecular formula is C12H15BrINO3. The molecular weight excluding hydrogens is 413 g/mol. The molecule has 0 radical (unpaired) electrons. The van der Waals surface area contributed by atoms with Crippen LogP contribution in [-0.4, -0.2) is 34.9 Å². The van der Waals surface area contributed by atoms with Crippen molar-refractivity contribution in [3.05, 3.63) is 31.8 Å². The number of hydrogen-bond acceptors (Lipinski definition) is 3. The number of hydrogen-bond donors (Lipinski definition) is 3. The SMILES string of the molecule is CCC(CO)(CO)NC(=O)c1cc(Br)ccc1I. The van der Waals surface area contributed by atoms with Gasteiger partial charge in [0.05, 0.1) is 24.3 Å². The molecule has 1 aromatic rings. The molecule has 0 fully saturated rings. The van der Waals surface area contributed by atoms with Crippen molar-refractivity contribution in [3.63, 3.8) is 0 Å². The largest absolute Gasteiger partial charge is 0.394 e. The number of halogens is 2. The summed E-state index contributed by atoms with van der Waals surface area (Å²) >= 11 is 5.39. The van der Waals surface area contributed by atoms with Crippen molar-refractivity contribution in [2.45, 2.75) is 18.9 Å². The Hall–Kier alpha value is -0.180. The topological polar surface area (TPSA) is 69.6 Å². The Kier molecular flexibility index (Phi) is 6.03. The van der Waals surface area contributed by atoms with E-state index in [1.165, 1.54) is 0 Å². The van der Waals surface area contributed by atoms with Gasteiger partial charge >= 0.3 is 0 Å². The van der Waals surface area contributed by atoms with E-state index in [4.69, 9.17) is 0 Å². The monoisotopic (exact) mass is 427 g/mol. The Bertz CT molecular complexity index is 427. The fourth-order valence-corrected chi connectivity index (χ4v) is 2.36. The van der Waals surface area contributed by atoms with E-state index in [1.54, 1.807) is 13.0 Å². The van der Waals surface area contributed by atoms with Crippen molar-refractivity contribution in [2.75, 3.05) is 13.2 Å². The maximum atomic E-state index is 12.2. The molecule has 100 valence electrons. The molecule has 0 aliphatic heterocycles. The molecule has 1 aromatic carbocycles. The first-order valence-electron chi connectivity index (χ1n) is 5.47. The van der Waals surface area contributed by atoms with Crippen molar-refractivity contribution in [1.82, 2.24) is 5.32 Å². The second-order valence-corrected chi connectivity index (χ2v) is 6.11. The van der Waals surface area contributed by atoms with Crippen LogP contribution < -0.4 is 5.32 Å². The molecule has 4 nitrogen and oxygen atoms in total. The molecule has 0 aliphatic carbocycles. The number of carbonyl (C=O) groups excluding carboxylic acids is 1. The van der Waals surface area contributed by atoms with Crippen LogP contribution in [0.4, 0.5) is 0 Å². The molecule has 0 saturated carbocycles. The fraction of sp³-hybridized carbons (Fsp3) is 0.417. The highest BCUT2D eigenvalue weighted by atomic mass is 127. The van der Waals surface area contributed by atoms with Crippen LogP contribution in [0.5, 0.6) is 0 Å². The first kappa shape index (κ1) is 15.9. The Labute approximate surface area is 128 Å². The molecule has 3 N–H and O–H groups in total. The number of rotatable bonds is 5. The van der Waals surface area contributed by atoms with Gasteiger partial charge in [0, 0.05) is 8.04 Å². The molecule has 0 aliphatic rings. The van der Waals surface area contributed by atoms with Crippen molar-refractivity contribution in [3.8, 4) is 0 Å². The van der Waals surface area contributed by atoms with Crippen LogP contribution in [0.2, 0.25) is 0 Å². The van der Waals surface area contributed by atoms with E-state index in [9.17, 15) is 15.0 Å². The highest BCUT2D eigenvalue weighted by Crippen LogP contribution is 2.19. The summed E-state index contributed by atoms with van der Waals surface area (Å²) in [6.07, 6.45) is 0.455. The number of aliphatic hydroxyl groups is 2. The standard InChI is InChI=1S/C12H15BrINO3/c1-2-12(6-16,7-17)15-11(18)9-5-8(13)3-4-10(9)14/h3-5,16-17H,2,6-7H2,1H3,(H,15,18). The second kappa shape index (κ2) is 6.83. The van der Waals surface area contributed by atoms with Crippen LogP contribution >= 0.6 is 38.5 Å². The van der Waals surface area contributed by atoms with Gasteiger partial charge in [-0.1, -0.05) is 22.9 Å². The van der Waals surface area contributed by atoms with Gasteiger partial charge < -0.3 is 15.5 Å². The molecule has 0 bridgehead atoms. The lowest BCUT2D eigenvalue weighted by atomic mass is 9.98. The minimum absolute atomic E-state index is 0.295. The molecule has 0 heterocycles. The summed E-state index contributed by atoms with van der Waals surface area (Å²) in [5, 5.41) is 21.3. The summed E-state index contributed by atoms with van der Waals surface area (Å²) in [6.45, 7) is 1.21. The second-order valence-electron chi connectivity index (χ2n) is 4.03. The summed E-state index contributed by atoms with van der Waals surface area (Å²) in [4.78, 5) is 12.2. The smallest absolute Gasteiger partial charge is 0.252 e. The highest BCUT2D eigenvalue weighted by molar-refractivity contribution is 14.1. The van der Waals surface area contributed by atoms with E-state index in [0.29, 0.717) is 12.0 Å². The Morgan fingerprint density at radius 2 is 2.06 bits per heavy atom. The number of aliphatic hydroxyl groups excluding tert-OH is 2. The molecule has 0 aromatic heterocycles. The van der Waals surface area contributed by atoms with E-state index >= 15 is 0 Å². The van der Waals surface area contributed by atoms with Crippen molar-refractivity contribution >= 4 is 44.4 Å². The minimum atomic E-state index is -0.970. The van der Waals surface area contributed by atoms with Crippen LogP contribution in [0.25, 0.3) is 0 Å². The Morgan fingerprint density at radius 1 is 1.44 bits per heavy atom. The Balaban J connectivity index is 2.97. The van der Waals surface area contributed by atoms with Crippen molar-refractivity contribution < 1.29 is 15.0 Å². The van der Waals surface area contributed by atoms with Gasteiger partial charge in [-0.25, -0.2) is 0 Å². The first-order valence-corrected chi connectivity index (χ1v) is 7.34. The van der Waals surface area contributed by atoms with Crippen LogP contribution in [0.15, 0.2) is 22.7 Å². The average Bonchev–Trinajstić information content (AvgIpc) is 2.38. The van der Waals surface area contributed by atoms with Crippen LogP contribution in [0.1, 0.15) is 23.7 Å². The zero-order valence-corrected chi connectivity index (χ0v) is 13.7. The third-order valence-corrected chi connectivity index (χ3v) is 4.27. The fourth-order valence-electron chi connectivity index (χ4n) is 1.42. The third kappa shape index (κ3) is 3.66. The number of carbonyl (C=O) groups is 1. The summed E-state index contributed by atoms with van der Waals surface area (Å²) in [5.74, 6) is -0.300. The van der Waals surface area contributed by atoms with Crippen molar-refractivity contribution in [1.29, 1.82) is 0 Å². The van der Waals surface area contributed by atoms with Crippen molar-refractivity contribution in [2.24, 2.45) is 0 Å². The lowest BCUT2D eigenvalue weighted by Gasteiger charge is -2.29. The summed E-state index contributed by atoms with van der Waals surface area (Å²) < 4.78 is 1.62. The third-order valence-electron chi connectivity index (χ3n) is 2.83. The van der Waals surface area contributed by atoms with Gasteiger partial charge in [-0.05, 0) is 47.2 Å². The zero-order chi connectivity index (χ0) is 13.8. The highest BCUT2D eigenvalue weighted by Gasteiger charge is 2.29. The van der Waals surface area contributed by atoms with E-state index in [0.717, 1.165) is 8.04 Å². The molecule has 1 amide bonds. The predicted molar refractivity (Wildman–Crippen MR) is 81.5 cm³/mol. The maximum absolute atomic E-state index is 12.2. The van der Waals surface area contributed by atoms with Gasteiger partial charge in [0.2, 0.25) is 0 Å². The van der Waals surface area contributed by atoms with E-state index in [2.05, 4.69) is 43.8 Å². The molecule has 1 rings (SSSR count). The quantitative estimate of drug-likeness (QED) is 0.629. The summed E-state index contributed by atoms with van der Waals surface area (Å²) in [7, 11) is 0. The normalized spacial score (nSPS) is 11.4. The van der Waals surface area contributed by atoms with Crippen LogP contribution in [-0.2, 0) is 0 Å². The predicted octanol–water partition coefficient (Wildman–Crippen LogP) is 1.92. The summed E-state index contributed by atoms with van der Waals surface area (Å²) in [5.41, 5.74) is -0.452. The summed E-state index contributed by atoms with van der Waals surface area (Å²) in [6, 6.07) is 5.39. The molecule has 0 atom stereocenters. The lowest BCUT2D eigenvalue weighted by molar-refractivity contribution is 0.0652.